The van der Waals surface area contributed by atoms with Crippen molar-refractivity contribution in [2.24, 2.45) is 5.73 Å². The third-order valence-corrected chi connectivity index (χ3v) is 3.91. The van der Waals surface area contributed by atoms with E-state index in [0.29, 0.717) is 17.8 Å². The van der Waals surface area contributed by atoms with Gasteiger partial charge in [-0.25, -0.2) is 19.9 Å². The van der Waals surface area contributed by atoms with E-state index in [9.17, 15) is 4.79 Å². The molecule has 0 spiro atoms. The number of nitrogens with one attached hydrogen (secondary N) is 1. The fourth-order valence-corrected chi connectivity index (χ4v) is 2.68. The molecule has 1 aliphatic rings. The fraction of sp³-hybridized carbons (Fsp3) is 0.400. The zero-order valence-electron chi connectivity index (χ0n) is 13.5. The SMILES string of the molecule is Cl.Cl.NCC(=O)N1CCC(c2ccnc(Nc3ncccn3)n2)CC1. The van der Waals surface area contributed by atoms with E-state index in [-0.39, 0.29) is 37.3 Å². The van der Waals surface area contributed by atoms with Crippen molar-refractivity contribution >= 4 is 42.6 Å². The number of nitrogens with two attached hydrogens (primary N) is 1. The minimum absolute atomic E-state index is 0. The van der Waals surface area contributed by atoms with Crippen molar-refractivity contribution in [1.29, 1.82) is 0 Å². The molecule has 0 saturated carbocycles. The Morgan fingerprint density at radius 1 is 1.12 bits per heavy atom. The summed E-state index contributed by atoms with van der Waals surface area (Å²) in [5, 5.41) is 2.99. The van der Waals surface area contributed by atoms with Crippen LogP contribution in [0.25, 0.3) is 0 Å². The summed E-state index contributed by atoms with van der Waals surface area (Å²) >= 11 is 0. The molecule has 0 unspecified atom stereocenters. The van der Waals surface area contributed by atoms with Gasteiger partial charge in [-0.2, -0.15) is 0 Å². The maximum atomic E-state index is 11.6. The molecule has 0 aromatic carbocycles. The molecule has 2 aromatic heterocycles. The Bertz CT molecular complexity index is 666. The van der Waals surface area contributed by atoms with Crippen molar-refractivity contribution in [3.8, 4) is 0 Å². The average Bonchev–Trinajstić information content (AvgIpc) is 2.62. The predicted molar refractivity (Wildman–Crippen MR) is 99.5 cm³/mol. The maximum absolute atomic E-state index is 11.6. The van der Waals surface area contributed by atoms with E-state index in [1.165, 1.54) is 0 Å². The molecule has 0 atom stereocenters. The van der Waals surface area contributed by atoms with Crippen molar-refractivity contribution in [2.75, 3.05) is 25.0 Å². The largest absolute Gasteiger partial charge is 0.342 e. The second-order valence-corrected chi connectivity index (χ2v) is 5.36. The summed E-state index contributed by atoms with van der Waals surface area (Å²) < 4.78 is 0. The van der Waals surface area contributed by atoms with Crippen LogP contribution in [0.15, 0.2) is 30.7 Å². The summed E-state index contributed by atoms with van der Waals surface area (Å²) in [5.74, 6) is 1.27. The van der Waals surface area contributed by atoms with Gasteiger partial charge in [-0.3, -0.25) is 10.1 Å². The van der Waals surface area contributed by atoms with Crippen LogP contribution in [0.3, 0.4) is 0 Å². The smallest absolute Gasteiger partial charge is 0.236 e. The predicted octanol–water partition coefficient (Wildman–Crippen LogP) is 1.52. The molecule has 25 heavy (non-hydrogen) atoms. The highest BCUT2D eigenvalue weighted by Crippen LogP contribution is 2.27. The zero-order chi connectivity index (χ0) is 16.1. The Labute approximate surface area is 158 Å². The van der Waals surface area contributed by atoms with Gasteiger partial charge >= 0.3 is 0 Å². The number of aromatic nitrogens is 4. The molecule has 1 fully saturated rings. The van der Waals surface area contributed by atoms with E-state index < -0.39 is 0 Å². The van der Waals surface area contributed by atoms with E-state index >= 15 is 0 Å². The first-order valence-corrected chi connectivity index (χ1v) is 7.61. The van der Waals surface area contributed by atoms with E-state index in [2.05, 4.69) is 25.3 Å². The molecule has 1 saturated heterocycles. The molecule has 136 valence electrons. The first-order valence-electron chi connectivity index (χ1n) is 7.61. The van der Waals surface area contributed by atoms with Crippen molar-refractivity contribution in [2.45, 2.75) is 18.8 Å². The maximum Gasteiger partial charge on any atom is 0.236 e. The summed E-state index contributed by atoms with van der Waals surface area (Å²) in [6.45, 7) is 1.51. The van der Waals surface area contributed by atoms with E-state index in [1.54, 1.807) is 24.7 Å². The van der Waals surface area contributed by atoms with Gasteiger partial charge in [0.1, 0.15) is 0 Å². The summed E-state index contributed by atoms with van der Waals surface area (Å²) in [6, 6.07) is 3.67. The van der Waals surface area contributed by atoms with Crippen molar-refractivity contribution < 1.29 is 4.79 Å². The molecule has 0 radical (unpaired) electrons. The number of halogens is 2. The Morgan fingerprint density at radius 2 is 1.76 bits per heavy atom. The first-order chi connectivity index (χ1) is 11.3. The van der Waals surface area contributed by atoms with Crippen LogP contribution in [-0.4, -0.2) is 50.4 Å². The van der Waals surface area contributed by atoms with Gasteiger partial charge < -0.3 is 10.6 Å². The van der Waals surface area contributed by atoms with Crippen LogP contribution >= 0.6 is 24.8 Å². The van der Waals surface area contributed by atoms with Crippen LogP contribution in [0.4, 0.5) is 11.9 Å². The van der Waals surface area contributed by atoms with E-state index in [1.807, 2.05) is 11.0 Å². The van der Waals surface area contributed by atoms with Crippen molar-refractivity contribution in [1.82, 2.24) is 24.8 Å². The number of amides is 1. The molecule has 3 N–H and O–H groups in total. The molecule has 1 amide bonds. The lowest BCUT2D eigenvalue weighted by molar-refractivity contribution is -0.130. The standard InChI is InChI=1S/C15H19N7O.2ClH/c16-10-13(23)22-8-3-11(4-9-22)12-2-7-19-15(20-12)21-14-17-5-1-6-18-14;;/h1-2,5-7,11H,3-4,8-10,16H2,(H,17,18,19,20,21);2*1H. The highest BCUT2D eigenvalue weighted by atomic mass is 35.5. The minimum Gasteiger partial charge on any atom is -0.342 e. The van der Waals surface area contributed by atoms with Crippen LogP contribution in [0, 0.1) is 0 Å². The third kappa shape index (κ3) is 5.48. The second kappa shape index (κ2) is 10.1. The molecule has 10 heteroatoms. The molecule has 3 heterocycles. The number of piperidine rings is 1. The minimum atomic E-state index is 0. The monoisotopic (exact) mass is 385 g/mol. The van der Waals surface area contributed by atoms with Crippen LogP contribution in [0.1, 0.15) is 24.5 Å². The molecule has 0 aliphatic carbocycles. The lowest BCUT2D eigenvalue weighted by Gasteiger charge is -2.31. The van der Waals surface area contributed by atoms with E-state index in [4.69, 9.17) is 5.73 Å². The summed E-state index contributed by atoms with van der Waals surface area (Å²) in [7, 11) is 0. The van der Waals surface area contributed by atoms with Gasteiger partial charge in [0.2, 0.25) is 17.8 Å². The second-order valence-electron chi connectivity index (χ2n) is 5.36. The average molecular weight is 386 g/mol. The Balaban J connectivity index is 0.00000156. The topological polar surface area (TPSA) is 110 Å². The fourth-order valence-electron chi connectivity index (χ4n) is 2.68. The highest BCUT2D eigenvalue weighted by Gasteiger charge is 2.24. The highest BCUT2D eigenvalue weighted by molar-refractivity contribution is 5.85. The number of nitrogens with zero attached hydrogens (tertiary/aromatic N) is 5. The molecule has 0 bridgehead atoms. The summed E-state index contributed by atoms with van der Waals surface area (Å²) in [6.07, 6.45) is 6.80. The van der Waals surface area contributed by atoms with Gasteiger partial charge in [-0.05, 0) is 25.0 Å². The van der Waals surface area contributed by atoms with Gasteiger partial charge in [-0.1, -0.05) is 0 Å². The quantitative estimate of drug-likeness (QED) is 0.820. The first kappa shape index (κ1) is 21.0. The summed E-state index contributed by atoms with van der Waals surface area (Å²) in [4.78, 5) is 30.4. The van der Waals surface area contributed by atoms with Gasteiger partial charge in [-0.15, -0.1) is 24.8 Å². The molecule has 1 aliphatic heterocycles. The van der Waals surface area contributed by atoms with Crippen molar-refractivity contribution in [3.05, 3.63) is 36.4 Å². The van der Waals surface area contributed by atoms with Crippen LogP contribution in [-0.2, 0) is 4.79 Å². The third-order valence-electron chi connectivity index (χ3n) is 3.91. The van der Waals surface area contributed by atoms with Gasteiger partial charge in [0.15, 0.2) is 0 Å². The van der Waals surface area contributed by atoms with Crippen LogP contribution in [0.5, 0.6) is 0 Å². The lowest BCUT2D eigenvalue weighted by Crippen LogP contribution is -2.41. The molecular weight excluding hydrogens is 365 g/mol. The lowest BCUT2D eigenvalue weighted by atomic mass is 9.93. The van der Waals surface area contributed by atoms with Crippen LogP contribution in [0.2, 0.25) is 0 Å². The van der Waals surface area contributed by atoms with E-state index in [0.717, 1.165) is 31.6 Å². The van der Waals surface area contributed by atoms with Crippen molar-refractivity contribution in [3.63, 3.8) is 0 Å². The van der Waals surface area contributed by atoms with Gasteiger partial charge in [0.05, 0.1) is 6.54 Å². The Morgan fingerprint density at radius 3 is 2.40 bits per heavy atom. The number of hydrogen-bond donors (Lipinski definition) is 2. The number of hydrogen-bond acceptors (Lipinski definition) is 7. The number of rotatable bonds is 4. The van der Waals surface area contributed by atoms with Gasteiger partial charge in [0, 0.05) is 43.3 Å². The molecular formula is C15H21Cl2N7O. The number of likely N-dealkylation sites (tertiary alicyclic amines) is 1. The molecule has 3 rings (SSSR count). The Kier molecular flexibility index (Phi) is 8.47. The normalized spacial score (nSPS) is 14.2. The molecule has 2 aromatic rings. The molecule has 8 nitrogen and oxygen atoms in total. The number of carbonyl (C=O) groups is 1. The zero-order valence-corrected chi connectivity index (χ0v) is 15.2. The number of anilines is 2. The van der Waals surface area contributed by atoms with Crippen LogP contribution < -0.4 is 11.1 Å². The van der Waals surface area contributed by atoms with Gasteiger partial charge in [0.25, 0.3) is 0 Å². The number of carbonyl (C=O) groups excluding carboxylic acids is 1. The Hall–Kier alpha value is -2.03. The summed E-state index contributed by atoms with van der Waals surface area (Å²) in [5.41, 5.74) is 6.38.